The Morgan fingerprint density at radius 2 is 0.860 bits per heavy atom. The lowest BCUT2D eigenvalue weighted by Crippen LogP contribution is -2.54. The van der Waals surface area contributed by atoms with Crippen LogP contribution < -0.4 is 0 Å². The van der Waals surface area contributed by atoms with E-state index in [1.807, 2.05) is 13.1 Å². The van der Waals surface area contributed by atoms with Crippen LogP contribution in [0, 0.1) is 0 Å². The lowest BCUT2D eigenvalue weighted by atomic mass is 10.2. The lowest BCUT2D eigenvalue weighted by molar-refractivity contribution is -0.00869. The van der Waals surface area contributed by atoms with Gasteiger partial charge in [0.1, 0.15) is 0 Å². The second-order valence-corrected chi connectivity index (χ2v) is 41.9. The number of hydrogen-bond acceptors (Lipinski definition) is 12. The van der Waals surface area contributed by atoms with Crippen LogP contribution in [0.4, 0.5) is 0 Å². The molecule has 1 rings (SSSR count). The van der Waals surface area contributed by atoms with Gasteiger partial charge in [-0.2, -0.15) is 0 Å². The summed E-state index contributed by atoms with van der Waals surface area (Å²) in [5.74, 6) is 0. The van der Waals surface area contributed by atoms with Crippen molar-refractivity contribution >= 4 is 70.4 Å². The number of ether oxygens (including phenoxy) is 2. The molecule has 1 aliphatic heterocycles. The third-order valence-corrected chi connectivity index (χ3v) is 31.4. The monoisotopic (exact) mass is 846 g/mol. The molecule has 4 unspecified atom stereocenters. The minimum atomic E-state index is -2.41. The summed E-state index contributed by atoms with van der Waals surface area (Å²) >= 11 is 0. The van der Waals surface area contributed by atoms with Crippen molar-refractivity contribution in [1.82, 2.24) is 9.80 Å². The van der Waals surface area contributed by atoms with Crippen LogP contribution in [0.5, 0.6) is 0 Å². The summed E-state index contributed by atoms with van der Waals surface area (Å²) in [5.41, 5.74) is 0. The quantitative estimate of drug-likeness (QED) is 0.0833. The van der Waals surface area contributed by atoms with Gasteiger partial charge in [-0.1, -0.05) is 0 Å². The highest BCUT2D eigenvalue weighted by atomic mass is 28.5. The molecule has 1 aliphatic rings. The Morgan fingerprint density at radius 1 is 0.540 bits per heavy atom. The Bertz CT molecular complexity index is 857. The second-order valence-electron chi connectivity index (χ2n) is 16.6. The maximum atomic E-state index is 10.7. The molecule has 2 N–H and O–H groups in total. The van der Waals surface area contributed by atoms with Gasteiger partial charge in [0.25, 0.3) is 0 Å². The van der Waals surface area contributed by atoms with Crippen LogP contribution in [0.25, 0.3) is 0 Å². The number of nitrogens with zero attached hydrogens (tertiary/aromatic N) is 2. The Morgan fingerprint density at radius 3 is 1.14 bits per heavy atom. The van der Waals surface area contributed by atoms with Gasteiger partial charge in [0, 0.05) is 52.5 Å². The van der Waals surface area contributed by atoms with Gasteiger partial charge in [0.2, 0.25) is 19.5 Å². The number of hydrogen-bond donors (Lipinski definition) is 2. The molecule has 1 saturated heterocycles. The van der Waals surface area contributed by atoms with E-state index in [2.05, 4.69) is 88.4 Å². The van der Waals surface area contributed by atoms with Gasteiger partial charge >= 0.3 is 34.2 Å². The molecular weight excluding hydrogens is 773 g/mol. The highest BCUT2D eigenvalue weighted by molar-refractivity contribution is 6.88. The van der Waals surface area contributed by atoms with Crippen molar-refractivity contribution < 1.29 is 44.4 Å². The predicted molar refractivity (Wildman–Crippen MR) is 220 cm³/mol. The average Bonchev–Trinajstić information content (AvgIpc) is 2.90. The van der Waals surface area contributed by atoms with Crippen LogP contribution in [-0.4, -0.2) is 168 Å². The van der Waals surface area contributed by atoms with Crippen molar-refractivity contribution in [3.8, 4) is 0 Å². The average molecular weight is 848 g/mol. The van der Waals surface area contributed by atoms with Gasteiger partial charge in [0.05, 0.1) is 25.4 Å². The molecule has 296 valence electrons. The summed E-state index contributed by atoms with van der Waals surface area (Å²) in [6, 6.07) is 1.69. The first kappa shape index (κ1) is 49.3. The second kappa shape index (κ2) is 22.7. The van der Waals surface area contributed by atoms with Gasteiger partial charge in [-0.3, -0.25) is 9.80 Å². The molecule has 1 fully saturated rings. The van der Waals surface area contributed by atoms with Gasteiger partial charge in [0.15, 0.2) is 16.6 Å². The summed E-state index contributed by atoms with van der Waals surface area (Å²) in [5, 5.41) is 21.3. The van der Waals surface area contributed by atoms with E-state index in [1.54, 1.807) is 0 Å². The first-order valence-corrected chi connectivity index (χ1v) is 38.7. The zero-order chi connectivity index (χ0) is 38.3. The van der Waals surface area contributed by atoms with Gasteiger partial charge in [-0.25, -0.2) is 0 Å². The van der Waals surface area contributed by atoms with Crippen molar-refractivity contribution in [2.24, 2.45) is 0 Å². The number of β-amino-alcohol motifs (C(OH)–C–C–N with tert-alkyl or cyclic N) is 2. The lowest BCUT2D eigenvalue weighted by Gasteiger charge is -2.39. The molecule has 1 heterocycles. The Labute approximate surface area is 317 Å². The third kappa shape index (κ3) is 23.9. The minimum absolute atomic E-state index is 0.315. The highest BCUT2D eigenvalue weighted by Gasteiger charge is 2.43. The van der Waals surface area contributed by atoms with Crippen LogP contribution in [0.1, 0.15) is 12.8 Å². The molecule has 0 aromatic rings. The van der Waals surface area contributed by atoms with Crippen molar-refractivity contribution in [2.45, 2.75) is 129 Å². The van der Waals surface area contributed by atoms with Crippen LogP contribution in [0.2, 0.25) is 104 Å². The number of piperazine rings is 1. The van der Waals surface area contributed by atoms with Crippen molar-refractivity contribution in [1.29, 1.82) is 0 Å². The first-order chi connectivity index (χ1) is 22.9. The van der Waals surface area contributed by atoms with Crippen LogP contribution >= 0.6 is 0 Å². The zero-order valence-corrected chi connectivity index (χ0v) is 42.1. The van der Waals surface area contributed by atoms with E-state index in [-0.39, 0.29) is 0 Å². The minimum Gasteiger partial charge on any atom is -0.437 e. The highest BCUT2D eigenvalue weighted by Crippen LogP contribution is 2.27. The van der Waals surface area contributed by atoms with Crippen LogP contribution in [0.3, 0.4) is 0 Å². The largest absolute Gasteiger partial charge is 0.437 e. The van der Waals surface area contributed by atoms with E-state index in [0.29, 0.717) is 59.0 Å². The molecule has 4 atom stereocenters. The number of rotatable bonds is 28. The Balaban J connectivity index is 2.34. The van der Waals surface area contributed by atoms with Crippen molar-refractivity contribution in [3.63, 3.8) is 0 Å². The molecule has 4 radical (unpaired) electrons. The third-order valence-electron chi connectivity index (χ3n) is 7.53. The molecule has 50 heavy (non-hydrogen) atoms. The number of aliphatic hydroxyl groups excluding tert-OH is 2. The van der Waals surface area contributed by atoms with E-state index in [9.17, 15) is 10.2 Å². The van der Waals surface area contributed by atoms with Crippen LogP contribution in [0.15, 0.2) is 0 Å². The molecule has 0 aromatic heterocycles. The maximum Gasteiger partial charge on any atom is 0.315 e. The van der Waals surface area contributed by atoms with Gasteiger partial charge in [-0.15, -0.1) is 0 Å². The summed E-state index contributed by atoms with van der Waals surface area (Å²) in [7, 11) is -12.1. The first-order valence-electron chi connectivity index (χ1n) is 18.4. The van der Waals surface area contributed by atoms with Gasteiger partial charge < -0.3 is 44.4 Å². The standard InChI is InChI=1S/C30H74N2O10Si8/c1-43-37-47(9,10)41-49(13,39-45(3,4)5)23-15-21-35-27-29(33)25-31-17-19-32(20-18-31)26-30(34)28-36-22-16-24-50(14,40-46(6,7)8)42-48(11,12)38-44-2/h29-30,33-34H,15-28H2,1-14H3. The fourth-order valence-electron chi connectivity index (χ4n) is 6.40. The molecule has 0 amide bonds. The van der Waals surface area contributed by atoms with E-state index in [4.69, 9.17) is 34.2 Å². The molecule has 0 aromatic carbocycles. The predicted octanol–water partition coefficient (Wildman–Crippen LogP) is 4.79. The zero-order valence-electron chi connectivity index (χ0n) is 34.1. The molecule has 12 nitrogen and oxygen atoms in total. The molecule has 0 aliphatic carbocycles. The van der Waals surface area contributed by atoms with E-state index < -0.39 is 63.1 Å². The molecule has 0 bridgehead atoms. The van der Waals surface area contributed by atoms with E-state index in [0.717, 1.165) is 51.1 Å². The Hall–Kier alpha value is 1.26. The summed E-state index contributed by atoms with van der Waals surface area (Å²) in [6.45, 7) is 36.3. The molecular formula is C30H74N2O10Si8. The van der Waals surface area contributed by atoms with E-state index >= 15 is 0 Å². The SMILES string of the molecule is C[Si]O[Si](C)(C)O[Si](C)(CCCOCC(O)CN1CCN(CC(O)COCCC[Si](C)(O[Si](C)(C)C)O[Si](C)(C)O[Si]C)CC1)O[Si](C)(C)C. The maximum absolute atomic E-state index is 10.7. The topological polar surface area (TPSA) is 121 Å². The molecule has 20 heteroatoms. The normalized spacial score (nSPS) is 19.7. The summed E-state index contributed by atoms with van der Waals surface area (Å²) < 4.78 is 50.2. The molecule has 0 spiro atoms. The fraction of sp³-hybridized carbons (Fsp3) is 1.00. The smallest absolute Gasteiger partial charge is 0.315 e. The van der Waals surface area contributed by atoms with Crippen molar-refractivity contribution in [3.05, 3.63) is 0 Å². The Kier molecular flexibility index (Phi) is 22.4. The fourth-order valence-corrected chi connectivity index (χ4v) is 34.4. The van der Waals surface area contributed by atoms with Crippen molar-refractivity contribution in [2.75, 3.05) is 65.7 Å². The summed E-state index contributed by atoms with van der Waals surface area (Å²) in [4.78, 5) is 4.55. The molecule has 0 saturated carbocycles. The van der Waals surface area contributed by atoms with Gasteiger partial charge in [-0.05, 0) is 117 Å². The van der Waals surface area contributed by atoms with E-state index in [1.165, 1.54) is 0 Å². The summed E-state index contributed by atoms with van der Waals surface area (Å²) in [6.07, 6.45) is 0.591. The van der Waals surface area contributed by atoms with Crippen LogP contribution in [-0.2, 0) is 34.2 Å². The number of aliphatic hydroxyl groups is 2.